The lowest BCUT2D eigenvalue weighted by molar-refractivity contribution is -0.303. The maximum absolute atomic E-state index is 9.92. The Morgan fingerprint density at radius 3 is 1.29 bits per heavy atom. The second-order valence-corrected chi connectivity index (χ2v) is 7.40. The van der Waals surface area contributed by atoms with Crippen LogP contribution in [-0.4, -0.2) is 159 Å². The number of nitrogens with zero attached hydrogens (tertiary/aromatic N) is 1. The number of ether oxygens (including phenoxy) is 4. The molecule has 9 N–H and O–H groups in total. The van der Waals surface area contributed by atoms with Crippen molar-refractivity contribution in [1.29, 1.82) is 0 Å². The van der Waals surface area contributed by atoms with Crippen molar-refractivity contribution in [2.24, 2.45) is 0 Å². The van der Waals surface area contributed by atoms with Crippen LogP contribution in [0.1, 0.15) is 0 Å². The largest absolute Gasteiger partial charge is 0.394 e. The summed E-state index contributed by atoms with van der Waals surface area (Å²) in [7, 11) is 0. The molecule has 14 nitrogen and oxygen atoms in total. The van der Waals surface area contributed by atoms with Gasteiger partial charge in [-0.1, -0.05) is 0 Å². The Labute approximate surface area is 178 Å². The van der Waals surface area contributed by atoms with Crippen LogP contribution in [0.3, 0.4) is 0 Å². The molecule has 2 aliphatic rings. The van der Waals surface area contributed by atoms with E-state index in [1.165, 1.54) is 4.90 Å². The molecule has 0 spiro atoms. The van der Waals surface area contributed by atoms with Gasteiger partial charge in [-0.15, -0.1) is 0 Å². The van der Waals surface area contributed by atoms with Gasteiger partial charge in [-0.05, 0) is 0 Å². The smallest absolute Gasteiger partial charge is 0.186 e. The van der Waals surface area contributed by atoms with Gasteiger partial charge in [-0.2, -0.15) is 0 Å². The van der Waals surface area contributed by atoms with E-state index < -0.39 is 81.4 Å². The summed E-state index contributed by atoms with van der Waals surface area (Å²) in [6.07, 6.45) is -13.9. The van der Waals surface area contributed by atoms with E-state index in [4.69, 9.17) is 29.2 Å². The fraction of sp³-hybridized carbons (Fsp3) is 1.00. The van der Waals surface area contributed by atoms with Crippen molar-refractivity contribution in [3.8, 4) is 0 Å². The second-order valence-electron chi connectivity index (χ2n) is 7.40. The fourth-order valence-electron chi connectivity index (χ4n) is 3.26. The van der Waals surface area contributed by atoms with Crippen molar-refractivity contribution in [3.05, 3.63) is 0 Å². The van der Waals surface area contributed by atoms with Crippen LogP contribution in [0.4, 0.5) is 0 Å². The van der Waals surface area contributed by atoms with Crippen molar-refractivity contribution in [2.45, 2.75) is 61.4 Å². The number of aliphatic hydroxyl groups is 9. The standard InChI is InChI=1S/C17H33NO13/c19-5-8-10(22)12(24)14(26)16(30-8)28-3-1-18(7-21)2-4-29-17-15(27)13(25)11(23)9(6-20)31-17/h8-17,19-27H,1-7H2/t8-,9-,10-,11-,12+,13+,14+,15+,16+,17+/m1/s1. The zero-order chi connectivity index (χ0) is 23.1. The highest BCUT2D eigenvalue weighted by Gasteiger charge is 2.45. The van der Waals surface area contributed by atoms with E-state index >= 15 is 0 Å². The summed E-state index contributed by atoms with van der Waals surface area (Å²) in [5, 5.41) is 86.6. The Kier molecular flexibility index (Phi) is 10.9. The maximum atomic E-state index is 9.92. The first kappa shape index (κ1) is 26.7. The summed E-state index contributed by atoms with van der Waals surface area (Å²) in [5.74, 6) is 0. The van der Waals surface area contributed by atoms with E-state index in [1.807, 2.05) is 0 Å². The predicted octanol–water partition coefficient (Wildman–Crippen LogP) is -6.13. The van der Waals surface area contributed by atoms with Crippen LogP contribution < -0.4 is 0 Å². The molecule has 0 radical (unpaired) electrons. The third-order valence-electron chi connectivity index (χ3n) is 5.28. The summed E-state index contributed by atoms with van der Waals surface area (Å²) in [4.78, 5) is 1.47. The molecule has 0 aromatic heterocycles. The van der Waals surface area contributed by atoms with Crippen LogP contribution >= 0.6 is 0 Å². The van der Waals surface area contributed by atoms with Crippen LogP contribution in [-0.2, 0) is 18.9 Å². The molecule has 10 atom stereocenters. The molecule has 0 aliphatic carbocycles. The van der Waals surface area contributed by atoms with E-state index in [9.17, 15) is 35.7 Å². The summed E-state index contributed by atoms with van der Waals surface area (Å²) in [5.41, 5.74) is 0. The molecule has 2 fully saturated rings. The van der Waals surface area contributed by atoms with E-state index in [1.54, 1.807) is 0 Å². The Balaban J connectivity index is 1.74. The minimum Gasteiger partial charge on any atom is -0.394 e. The monoisotopic (exact) mass is 459 g/mol. The van der Waals surface area contributed by atoms with Gasteiger partial charge in [0.05, 0.1) is 33.2 Å². The van der Waals surface area contributed by atoms with Crippen LogP contribution in [0.5, 0.6) is 0 Å². The van der Waals surface area contributed by atoms with Crippen molar-refractivity contribution >= 4 is 0 Å². The molecule has 0 unspecified atom stereocenters. The van der Waals surface area contributed by atoms with Crippen LogP contribution in [0, 0.1) is 0 Å². The summed E-state index contributed by atoms with van der Waals surface area (Å²) in [6, 6.07) is 0. The van der Waals surface area contributed by atoms with Crippen LogP contribution in [0.15, 0.2) is 0 Å². The molecular weight excluding hydrogens is 426 g/mol. The molecule has 0 saturated carbocycles. The van der Waals surface area contributed by atoms with Crippen LogP contribution in [0.2, 0.25) is 0 Å². The molecule has 2 saturated heterocycles. The van der Waals surface area contributed by atoms with E-state index in [0.717, 1.165) is 0 Å². The molecule has 14 heteroatoms. The first-order valence-electron chi connectivity index (χ1n) is 9.92. The topological polar surface area (TPSA) is 222 Å². The normalized spacial score (nSPS) is 41.6. The lowest BCUT2D eigenvalue weighted by Crippen LogP contribution is -2.59. The first-order valence-corrected chi connectivity index (χ1v) is 9.92. The summed E-state index contributed by atoms with van der Waals surface area (Å²) >= 11 is 0. The zero-order valence-corrected chi connectivity index (χ0v) is 16.8. The zero-order valence-electron chi connectivity index (χ0n) is 16.8. The first-order chi connectivity index (χ1) is 14.7. The Morgan fingerprint density at radius 2 is 0.968 bits per heavy atom. The number of rotatable bonds is 11. The summed E-state index contributed by atoms with van der Waals surface area (Å²) in [6.45, 7) is -1.37. The van der Waals surface area contributed by atoms with Gasteiger partial charge in [0.1, 0.15) is 48.8 Å². The summed E-state index contributed by atoms with van der Waals surface area (Å²) < 4.78 is 21.1. The maximum Gasteiger partial charge on any atom is 0.186 e. The van der Waals surface area contributed by atoms with E-state index in [2.05, 4.69) is 0 Å². The molecule has 2 aliphatic heterocycles. The minimum absolute atomic E-state index is 0.0523. The van der Waals surface area contributed by atoms with E-state index in [-0.39, 0.29) is 26.3 Å². The highest BCUT2D eigenvalue weighted by molar-refractivity contribution is 4.89. The van der Waals surface area contributed by atoms with Crippen molar-refractivity contribution in [3.63, 3.8) is 0 Å². The van der Waals surface area contributed by atoms with Gasteiger partial charge >= 0.3 is 0 Å². The number of hydrogen-bond acceptors (Lipinski definition) is 14. The number of hydrogen-bond donors (Lipinski definition) is 9. The quantitative estimate of drug-likeness (QED) is 0.131. The minimum atomic E-state index is -1.56. The lowest BCUT2D eigenvalue weighted by atomic mass is 9.99. The van der Waals surface area contributed by atoms with Crippen molar-refractivity contribution < 1.29 is 64.9 Å². The molecule has 2 heterocycles. The Hall–Kier alpha value is -0.560. The molecule has 0 aromatic rings. The van der Waals surface area contributed by atoms with Gasteiger partial charge in [-0.3, -0.25) is 4.90 Å². The highest BCUT2D eigenvalue weighted by Crippen LogP contribution is 2.23. The van der Waals surface area contributed by atoms with Gasteiger partial charge in [0.15, 0.2) is 12.6 Å². The molecular formula is C17H33NO13. The third kappa shape index (κ3) is 6.72. The number of aliphatic hydroxyl groups excluding tert-OH is 9. The van der Waals surface area contributed by atoms with Gasteiger partial charge < -0.3 is 64.9 Å². The predicted molar refractivity (Wildman–Crippen MR) is 98.1 cm³/mol. The Morgan fingerprint density at radius 1 is 0.581 bits per heavy atom. The van der Waals surface area contributed by atoms with Gasteiger partial charge in [0, 0.05) is 13.1 Å². The van der Waals surface area contributed by atoms with E-state index in [0.29, 0.717) is 0 Å². The SMILES string of the molecule is OC[C@H]1O[C@H](OCCN(CO)CCO[C@H]2O[C@H](CO)[C@@H](O)[C@H](O)[C@@H]2O)[C@@H](O)[C@@H](O)[C@@H]1O. The van der Waals surface area contributed by atoms with Gasteiger partial charge in [0.2, 0.25) is 0 Å². The van der Waals surface area contributed by atoms with Crippen molar-refractivity contribution in [2.75, 3.05) is 46.2 Å². The fourth-order valence-corrected chi connectivity index (χ4v) is 3.26. The second kappa shape index (κ2) is 12.6. The average Bonchev–Trinajstić information content (AvgIpc) is 2.77. The molecule has 184 valence electrons. The molecule has 2 rings (SSSR count). The van der Waals surface area contributed by atoms with Crippen molar-refractivity contribution in [1.82, 2.24) is 4.90 Å². The molecule has 0 aromatic carbocycles. The third-order valence-corrected chi connectivity index (χ3v) is 5.28. The lowest BCUT2D eigenvalue weighted by Gasteiger charge is -2.40. The molecule has 31 heavy (non-hydrogen) atoms. The van der Waals surface area contributed by atoms with Gasteiger partial charge in [0.25, 0.3) is 0 Å². The average molecular weight is 459 g/mol. The van der Waals surface area contributed by atoms with Gasteiger partial charge in [-0.25, -0.2) is 0 Å². The van der Waals surface area contributed by atoms with Crippen LogP contribution in [0.25, 0.3) is 0 Å². The molecule has 0 bridgehead atoms. The molecule has 0 amide bonds. The Bertz CT molecular complexity index is 470. The highest BCUT2D eigenvalue weighted by atomic mass is 16.7.